The Morgan fingerprint density at radius 2 is 1.71 bits per heavy atom. The van der Waals surface area contributed by atoms with Gasteiger partial charge in [0.2, 0.25) is 5.91 Å². The molecule has 7 nitrogen and oxygen atoms in total. The van der Waals surface area contributed by atoms with Crippen molar-refractivity contribution < 1.29 is 18.7 Å². The van der Waals surface area contributed by atoms with E-state index in [2.05, 4.69) is 5.10 Å². The predicted octanol–water partition coefficient (Wildman–Crippen LogP) is 4.37. The molecule has 1 fully saturated rings. The number of hydrogen-bond acceptors (Lipinski definition) is 4. The molecule has 1 aliphatic heterocycles. The summed E-state index contributed by atoms with van der Waals surface area (Å²) in [6.07, 6.45) is 3.79. The van der Waals surface area contributed by atoms with Gasteiger partial charge in [0.05, 0.1) is 24.1 Å². The molecule has 4 rings (SSSR count). The molecule has 2 amide bonds. The number of carbonyl (C=O) groups is 2. The van der Waals surface area contributed by atoms with Crippen molar-refractivity contribution in [3.63, 3.8) is 0 Å². The highest BCUT2D eigenvalue weighted by molar-refractivity contribution is 6.31. The van der Waals surface area contributed by atoms with Crippen LogP contribution in [-0.4, -0.2) is 64.7 Å². The standard InChI is InChI=1S/C26H26ClFN4O3/c1-18-21(25(27)32(29-18)20-10-8-19(28)9-11-20)12-13-24(33)30-14-5-15-31(17-16-30)26(34)22-6-3-4-7-23(22)35-2/h3-4,6-13H,5,14-17H2,1-2H3/b13-12+. The maximum Gasteiger partial charge on any atom is 0.257 e. The molecule has 182 valence electrons. The van der Waals surface area contributed by atoms with Crippen molar-refractivity contribution in [1.82, 2.24) is 19.6 Å². The quantitative estimate of drug-likeness (QED) is 0.492. The zero-order valence-electron chi connectivity index (χ0n) is 19.6. The van der Waals surface area contributed by atoms with Gasteiger partial charge in [-0.05, 0) is 55.8 Å². The van der Waals surface area contributed by atoms with E-state index in [1.807, 2.05) is 6.07 Å². The van der Waals surface area contributed by atoms with Crippen molar-refractivity contribution in [2.45, 2.75) is 13.3 Å². The second-order valence-electron chi connectivity index (χ2n) is 8.18. The fraction of sp³-hybridized carbons (Fsp3) is 0.269. The Bertz CT molecular complexity index is 1260. The Kier molecular flexibility index (Phi) is 7.51. The van der Waals surface area contributed by atoms with E-state index in [1.54, 1.807) is 60.2 Å². The number of para-hydroxylation sites is 1. The lowest BCUT2D eigenvalue weighted by Crippen LogP contribution is -2.36. The number of benzene rings is 2. The van der Waals surface area contributed by atoms with Crippen LogP contribution in [0.3, 0.4) is 0 Å². The van der Waals surface area contributed by atoms with Gasteiger partial charge in [-0.25, -0.2) is 9.07 Å². The third kappa shape index (κ3) is 5.38. The average molecular weight is 497 g/mol. The lowest BCUT2D eigenvalue weighted by molar-refractivity contribution is -0.125. The molecule has 0 aliphatic carbocycles. The van der Waals surface area contributed by atoms with Crippen LogP contribution < -0.4 is 4.74 Å². The van der Waals surface area contributed by atoms with Crippen LogP contribution in [0.25, 0.3) is 11.8 Å². The number of nitrogens with zero attached hydrogens (tertiary/aromatic N) is 4. The molecule has 1 saturated heterocycles. The van der Waals surface area contributed by atoms with Gasteiger partial charge in [0, 0.05) is 37.8 Å². The summed E-state index contributed by atoms with van der Waals surface area (Å²) in [4.78, 5) is 29.4. The van der Waals surface area contributed by atoms with Gasteiger partial charge in [-0.1, -0.05) is 23.7 Å². The summed E-state index contributed by atoms with van der Waals surface area (Å²) in [5, 5.41) is 4.76. The number of halogens is 2. The van der Waals surface area contributed by atoms with E-state index >= 15 is 0 Å². The van der Waals surface area contributed by atoms with Gasteiger partial charge in [-0.15, -0.1) is 0 Å². The van der Waals surface area contributed by atoms with Crippen molar-refractivity contribution in [2.24, 2.45) is 0 Å². The van der Waals surface area contributed by atoms with Gasteiger partial charge in [-0.3, -0.25) is 9.59 Å². The van der Waals surface area contributed by atoms with Gasteiger partial charge in [0.25, 0.3) is 5.91 Å². The van der Waals surface area contributed by atoms with Gasteiger partial charge >= 0.3 is 0 Å². The number of rotatable bonds is 5. The lowest BCUT2D eigenvalue weighted by atomic mass is 10.1. The molecule has 0 spiro atoms. The minimum Gasteiger partial charge on any atom is -0.496 e. The minimum absolute atomic E-state index is 0.108. The number of carbonyl (C=O) groups excluding carboxylic acids is 2. The second kappa shape index (κ2) is 10.7. The average Bonchev–Trinajstić information content (AvgIpc) is 3.03. The number of ether oxygens (including phenoxy) is 1. The monoisotopic (exact) mass is 496 g/mol. The maximum absolute atomic E-state index is 13.2. The summed E-state index contributed by atoms with van der Waals surface area (Å²) in [5.74, 6) is -0.0874. The lowest BCUT2D eigenvalue weighted by Gasteiger charge is -2.22. The molecule has 1 aromatic heterocycles. The highest BCUT2D eigenvalue weighted by Crippen LogP contribution is 2.25. The van der Waals surface area contributed by atoms with Crippen LogP contribution >= 0.6 is 11.6 Å². The highest BCUT2D eigenvalue weighted by Gasteiger charge is 2.24. The first-order valence-corrected chi connectivity index (χ1v) is 11.7. The third-order valence-corrected chi connectivity index (χ3v) is 6.31. The molecule has 2 heterocycles. The topological polar surface area (TPSA) is 67.7 Å². The van der Waals surface area contributed by atoms with E-state index in [0.717, 1.165) is 0 Å². The van der Waals surface area contributed by atoms with Crippen LogP contribution in [0, 0.1) is 12.7 Å². The fourth-order valence-corrected chi connectivity index (χ4v) is 4.38. The summed E-state index contributed by atoms with van der Waals surface area (Å²) in [6.45, 7) is 3.74. The van der Waals surface area contributed by atoms with Crippen LogP contribution in [-0.2, 0) is 4.79 Å². The summed E-state index contributed by atoms with van der Waals surface area (Å²) in [6, 6.07) is 13.0. The summed E-state index contributed by atoms with van der Waals surface area (Å²) < 4.78 is 20.1. The van der Waals surface area contributed by atoms with Gasteiger partial charge < -0.3 is 14.5 Å². The van der Waals surface area contributed by atoms with E-state index in [4.69, 9.17) is 16.3 Å². The van der Waals surface area contributed by atoms with E-state index in [-0.39, 0.29) is 17.6 Å². The smallest absolute Gasteiger partial charge is 0.257 e. The highest BCUT2D eigenvalue weighted by atomic mass is 35.5. The summed E-state index contributed by atoms with van der Waals surface area (Å²) in [7, 11) is 1.54. The SMILES string of the molecule is COc1ccccc1C(=O)N1CCCN(C(=O)/C=C/c2c(C)nn(-c3ccc(F)cc3)c2Cl)CC1. The first-order valence-electron chi connectivity index (χ1n) is 11.3. The molecule has 0 saturated carbocycles. The Labute approximate surface area is 208 Å². The molecule has 0 unspecified atom stereocenters. The van der Waals surface area contributed by atoms with E-state index in [1.165, 1.54) is 22.9 Å². The third-order valence-electron chi connectivity index (χ3n) is 5.94. The van der Waals surface area contributed by atoms with Crippen molar-refractivity contribution in [3.05, 3.63) is 82.4 Å². The van der Waals surface area contributed by atoms with E-state index in [9.17, 15) is 14.0 Å². The maximum atomic E-state index is 13.2. The second-order valence-corrected chi connectivity index (χ2v) is 8.54. The Hall–Kier alpha value is -3.65. The number of methoxy groups -OCH3 is 1. The number of hydrogen-bond donors (Lipinski definition) is 0. The molecule has 3 aromatic rings. The van der Waals surface area contributed by atoms with Crippen molar-refractivity contribution in [2.75, 3.05) is 33.3 Å². The molecule has 1 aliphatic rings. The molecule has 0 bridgehead atoms. The largest absolute Gasteiger partial charge is 0.496 e. The van der Waals surface area contributed by atoms with Gasteiger partial charge in [-0.2, -0.15) is 5.10 Å². The van der Waals surface area contributed by atoms with Crippen LogP contribution in [0.5, 0.6) is 5.75 Å². The number of aromatic nitrogens is 2. The molecule has 0 N–H and O–H groups in total. The molecule has 2 aromatic carbocycles. The van der Waals surface area contributed by atoms with E-state index < -0.39 is 0 Å². The predicted molar refractivity (Wildman–Crippen MR) is 132 cm³/mol. The molecule has 35 heavy (non-hydrogen) atoms. The first kappa shape index (κ1) is 24.5. The van der Waals surface area contributed by atoms with Crippen LogP contribution in [0.4, 0.5) is 4.39 Å². The fourth-order valence-electron chi connectivity index (χ4n) is 4.05. The first-order chi connectivity index (χ1) is 16.9. The summed E-state index contributed by atoms with van der Waals surface area (Å²) >= 11 is 6.51. The molecular formula is C26H26ClFN4O3. The Morgan fingerprint density at radius 1 is 1.03 bits per heavy atom. The number of aryl methyl sites for hydroxylation is 1. The summed E-state index contributed by atoms with van der Waals surface area (Å²) in [5.41, 5.74) is 2.40. The molecule has 9 heteroatoms. The zero-order valence-corrected chi connectivity index (χ0v) is 20.3. The number of amides is 2. The molecule has 0 radical (unpaired) electrons. The van der Waals surface area contributed by atoms with Crippen LogP contribution in [0.15, 0.2) is 54.6 Å². The van der Waals surface area contributed by atoms with E-state index in [0.29, 0.717) is 66.0 Å². The van der Waals surface area contributed by atoms with Gasteiger partial charge in [0.15, 0.2) is 0 Å². The van der Waals surface area contributed by atoms with Gasteiger partial charge in [0.1, 0.15) is 16.7 Å². The normalized spacial score (nSPS) is 14.3. The molecular weight excluding hydrogens is 471 g/mol. The zero-order chi connectivity index (χ0) is 24.9. The Balaban J connectivity index is 1.43. The van der Waals surface area contributed by atoms with Crippen molar-refractivity contribution >= 4 is 29.5 Å². The minimum atomic E-state index is -0.347. The Morgan fingerprint density at radius 3 is 2.46 bits per heavy atom. The van der Waals surface area contributed by atoms with Crippen molar-refractivity contribution in [1.29, 1.82) is 0 Å². The molecule has 0 atom stereocenters. The van der Waals surface area contributed by atoms with Crippen LogP contribution in [0.2, 0.25) is 5.15 Å². The van der Waals surface area contributed by atoms with Crippen molar-refractivity contribution in [3.8, 4) is 11.4 Å². The van der Waals surface area contributed by atoms with Crippen LogP contribution in [0.1, 0.15) is 28.0 Å².